The van der Waals surface area contributed by atoms with Crippen molar-refractivity contribution in [2.75, 3.05) is 26.3 Å². The van der Waals surface area contributed by atoms with Gasteiger partial charge in [0.2, 0.25) is 11.8 Å². The number of carbonyl (C=O) groups excluding carboxylic acids is 2. The first-order valence-corrected chi connectivity index (χ1v) is 21.3. The number of amides is 2. The van der Waals surface area contributed by atoms with E-state index in [4.69, 9.17) is 0 Å². The Morgan fingerprint density at radius 2 is 1.07 bits per heavy atom. The third-order valence-electron chi connectivity index (χ3n) is 13.5. The Labute approximate surface area is 330 Å². The van der Waals surface area contributed by atoms with Crippen molar-refractivity contribution in [1.82, 2.24) is 29.6 Å². The second kappa shape index (κ2) is 17.3. The molecule has 56 heavy (non-hydrogen) atoms. The fourth-order valence-electron chi connectivity index (χ4n) is 10.6. The average molecular weight is 771 g/mol. The summed E-state index contributed by atoms with van der Waals surface area (Å²) < 4.78 is 3.71. The van der Waals surface area contributed by atoms with E-state index in [2.05, 4.69) is 34.3 Å². The number of hydrogen-bond donors (Lipinski definition) is 4. The first kappa shape index (κ1) is 40.4. The lowest BCUT2D eigenvalue weighted by molar-refractivity contribution is -0.129. The molecule has 2 aromatic heterocycles. The number of likely N-dealkylation sites (tertiary alicyclic amines) is 2. The van der Waals surface area contributed by atoms with Crippen molar-refractivity contribution in [3.05, 3.63) is 79.6 Å². The van der Waals surface area contributed by atoms with Crippen molar-refractivity contribution in [1.29, 1.82) is 0 Å². The molecule has 4 N–H and O–H groups in total. The van der Waals surface area contributed by atoms with Crippen LogP contribution in [0.5, 0.6) is 0 Å². The van der Waals surface area contributed by atoms with Crippen LogP contribution in [0, 0.1) is 23.7 Å². The van der Waals surface area contributed by atoms with Gasteiger partial charge in [-0.1, -0.05) is 38.2 Å². The maximum absolute atomic E-state index is 13.1. The number of nitrogens with one attached hydrogen (secondary N) is 2. The first-order chi connectivity index (χ1) is 27.2. The molecule has 6 aliphatic rings. The highest BCUT2D eigenvalue weighted by Gasteiger charge is 2.56. The highest BCUT2D eigenvalue weighted by molar-refractivity contribution is 5.84. The van der Waals surface area contributed by atoms with E-state index in [0.29, 0.717) is 24.2 Å². The highest BCUT2D eigenvalue weighted by atomic mass is 16.3. The van der Waals surface area contributed by atoms with Crippen molar-refractivity contribution < 1.29 is 19.8 Å². The van der Waals surface area contributed by atoms with Crippen LogP contribution in [0.3, 0.4) is 0 Å². The number of nitrogens with zero attached hydrogens (tertiary/aromatic N) is 4. The average Bonchev–Trinajstić information content (AvgIpc) is 3.89. The summed E-state index contributed by atoms with van der Waals surface area (Å²) in [4.78, 5) is 56.5. The summed E-state index contributed by atoms with van der Waals surface area (Å²) in [6.45, 7) is 10.7. The largest absolute Gasteiger partial charge is 0.396 e. The van der Waals surface area contributed by atoms with E-state index in [1.54, 1.807) is 0 Å². The Hall–Kier alpha value is -3.84. The van der Waals surface area contributed by atoms with E-state index in [1.807, 2.05) is 71.6 Å². The molecule has 0 bridgehead atoms. The molecule has 304 valence electrons. The van der Waals surface area contributed by atoms with Crippen LogP contribution in [-0.4, -0.2) is 91.4 Å². The lowest BCUT2D eigenvalue weighted by Crippen LogP contribution is -2.52. The van der Waals surface area contributed by atoms with Gasteiger partial charge in [0.25, 0.3) is 11.1 Å². The van der Waals surface area contributed by atoms with Crippen LogP contribution in [0.4, 0.5) is 0 Å². The number of pyridine rings is 2. The van der Waals surface area contributed by atoms with Crippen molar-refractivity contribution in [2.45, 2.75) is 128 Å². The molecule has 0 radical (unpaired) electrons. The summed E-state index contributed by atoms with van der Waals surface area (Å²) in [5.74, 6) is -0.0382. The minimum absolute atomic E-state index is 0.0154. The first-order valence-electron chi connectivity index (χ1n) is 21.3. The molecular weight excluding hydrogens is 709 g/mol. The van der Waals surface area contributed by atoms with E-state index in [0.717, 1.165) is 63.0 Å². The molecule has 0 unspecified atom stereocenters. The predicted octanol–water partition coefficient (Wildman–Crippen LogP) is 3.85. The van der Waals surface area contributed by atoms with Gasteiger partial charge in [-0.15, -0.1) is 0 Å². The molecule has 2 aliphatic carbocycles. The topological polar surface area (TPSA) is 149 Å². The minimum Gasteiger partial charge on any atom is -0.396 e. The molecule has 8 rings (SSSR count). The number of carbonyl (C=O) groups is 2. The molecule has 6 heterocycles. The van der Waals surface area contributed by atoms with Crippen LogP contribution in [0.25, 0.3) is 12.2 Å². The Balaban J connectivity index is 0.000000172. The zero-order valence-electron chi connectivity index (χ0n) is 33.6. The molecule has 2 saturated carbocycles. The fourth-order valence-corrected chi connectivity index (χ4v) is 10.6. The third kappa shape index (κ3) is 7.16. The molecule has 0 aromatic carbocycles. The predicted molar refractivity (Wildman–Crippen MR) is 218 cm³/mol. The van der Waals surface area contributed by atoms with Gasteiger partial charge in [-0.05, 0) is 103 Å². The summed E-state index contributed by atoms with van der Waals surface area (Å²) in [6, 6.07) is 7.80. The monoisotopic (exact) mass is 770 g/mol. The number of rotatable bonds is 12. The van der Waals surface area contributed by atoms with Crippen LogP contribution in [0.1, 0.15) is 114 Å². The number of aliphatic hydroxyl groups is 2. The van der Waals surface area contributed by atoms with Crippen molar-refractivity contribution in [3.63, 3.8) is 0 Å². The lowest BCUT2D eigenvalue weighted by Gasteiger charge is -2.34. The molecule has 2 aromatic rings. The van der Waals surface area contributed by atoms with Crippen LogP contribution < -0.4 is 21.8 Å². The Bertz CT molecular complexity index is 1790. The summed E-state index contributed by atoms with van der Waals surface area (Å²) in [7, 11) is 0. The summed E-state index contributed by atoms with van der Waals surface area (Å²) in [6.07, 6.45) is 15.8. The summed E-state index contributed by atoms with van der Waals surface area (Å²) in [5.41, 5.74) is 3.38. The lowest BCUT2D eigenvalue weighted by atomic mass is 9.87. The van der Waals surface area contributed by atoms with Crippen LogP contribution in [0.2, 0.25) is 0 Å². The Morgan fingerprint density at radius 3 is 1.38 bits per heavy atom. The number of allylic oxidation sites excluding steroid dienone is 2. The summed E-state index contributed by atoms with van der Waals surface area (Å²) >= 11 is 0. The minimum atomic E-state index is -0.320. The zero-order chi connectivity index (χ0) is 39.7. The maximum Gasteiger partial charge on any atom is 0.258 e. The molecule has 12 nitrogen and oxygen atoms in total. The second-order valence-corrected chi connectivity index (χ2v) is 16.8. The molecule has 12 heteroatoms. The van der Waals surface area contributed by atoms with Crippen molar-refractivity contribution in [2.24, 2.45) is 23.7 Å². The molecule has 2 amide bonds. The normalized spacial score (nSPS) is 29.7. The van der Waals surface area contributed by atoms with Gasteiger partial charge in [0.1, 0.15) is 0 Å². The molecule has 2 saturated heterocycles. The standard InChI is InChI=1S/2C22H31N3O3/c2*1-3-6-14-9-10-18-19-16(12-25(18)22(14)28)17(13-26)20(24(19)11-4-2)21(27)23-15-7-5-8-15/h2*3,6,9-10,15-17,19-20,26H,4-5,7-8,11-13H2,1-2H3,(H,23,27)/b6-3+;6-3-/t2*16-,17-,19+,20-/m11/s1. The molecule has 0 spiro atoms. The van der Waals surface area contributed by atoms with Gasteiger partial charge in [-0.3, -0.25) is 29.0 Å². The van der Waals surface area contributed by atoms with Crippen molar-refractivity contribution >= 4 is 24.0 Å². The van der Waals surface area contributed by atoms with Gasteiger partial charge < -0.3 is 30.0 Å². The third-order valence-corrected chi connectivity index (χ3v) is 13.5. The maximum atomic E-state index is 13.1. The highest BCUT2D eigenvalue weighted by Crippen LogP contribution is 2.50. The number of fused-ring (bicyclic) bond motifs is 6. The van der Waals surface area contributed by atoms with Crippen LogP contribution in [-0.2, 0) is 22.7 Å². The van der Waals surface area contributed by atoms with Gasteiger partial charge >= 0.3 is 0 Å². The smallest absolute Gasteiger partial charge is 0.258 e. The van der Waals surface area contributed by atoms with E-state index in [-0.39, 0.29) is 96.1 Å². The van der Waals surface area contributed by atoms with Crippen molar-refractivity contribution in [3.8, 4) is 0 Å². The number of aliphatic hydroxyl groups excluding tert-OH is 2. The zero-order valence-corrected chi connectivity index (χ0v) is 33.6. The van der Waals surface area contributed by atoms with Gasteiger partial charge in [0.05, 0.1) is 24.2 Å². The molecule has 4 aliphatic heterocycles. The molecule has 4 fully saturated rings. The molecule has 8 atom stereocenters. The van der Waals surface area contributed by atoms with Gasteiger partial charge in [0, 0.05) is 84.6 Å². The fraction of sp³-hybridized carbons (Fsp3) is 0.636. The SMILES string of the molecule is C/C=C/c1ccc2n(c1=O)C[C@@H]1[C@@H](CO)[C@H](C(=O)NC3CCC3)N(CCC)[C@H]21.C/C=C\c1ccc2n(c1=O)C[C@@H]1[C@@H](CO)[C@H](C(=O)NC3CCC3)N(CCC)[C@H]21. The number of aromatic nitrogens is 2. The van der Waals surface area contributed by atoms with Gasteiger partial charge in [-0.2, -0.15) is 0 Å². The van der Waals surface area contributed by atoms with Gasteiger partial charge in [0.15, 0.2) is 0 Å². The van der Waals surface area contributed by atoms with E-state index >= 15 is 0 Å². The molecular formula is C44H62N6O6. The van der Waals surface area contributed by atoms with E-state index < -0.39 is 0 Å². The quantitative estimate of drug-likeness (QED) is 0.255. The van der Waals surface area contributed by atoms with Crippen LogP contribution in [0.15, 0.2) is 46.0 Å². The van der Waals surface area contributed by atoms with Gasteiger partial charge in [-0.25, -0.2) is 0 Å². The summed E-state index contributed by atoms with van der Waals surface area (Å²) in [5, 5.41) is 26.8. The van der Waals surface area contributed by atoms with E-state index in [9.17, 15) is 29.4 Å². The van der Waals surface area contributed by atoms with Crippen LogP contribution >= 0.6 is 0 Å². The number of hydrogen-bond acceptors (Lipinski definition) is 8. The Morgan fingerprint density at radius 1 is 0.679 bits per heavy atom. The Kier molecular flexibility index (Phi) is 12.5. The second-order valence-electron chi connectivity index (χ2n) is 16.8. The van der Waals surface area contributed by atoms with E-state index in [1.165, 1.54) is 12.8 Å².